The molecule has 3 N–H and O–H groups in total. The van der Waals surface area contributed by atoms with Crippen molar-refractivity contribution in [3.63, 3.8) is 0 Å². The minimum absolute atomic E-state index is 0.272. The van der Waals surface area contributed by atoms with E-state index in [1.54, 1.807) is 12.4 Å². The molecule has 0 aromatic carbocycles. The summed E-state index contributed by atoms with van der Waals surface area (Å²) < 4.78 is 0. The van der Waals surface area contributed by atoms with Crippen molar-refractivity contribution in [2.45, 2.75) is 25.4 Å². The van der Waals surface area contributed by atoms with Gasteiger partial charge in [0, 0.05) is 18.9 Å². The van der Waals surface area contributed by atoms with E-state index < -0.39 is 12.0 Å². The summed E-state index contributed by atoms with van der Waals surface area (Å²) in [5.74, 6) is -0.305. The van der Waals surface area contributed by atoms with E-state index in [2.05, 4.69) is 15.3 Å². The van der Waals surface area contributed by atoms with Gasteiger partial charge < -0.3 is 20.3 Å². The molecular formula is C10H14N4O3. The molecule has 0 aliphatic carbocycles. The Kier molecular flexibility index (Phi) is 3.27. The molecule has 2 rings (SSSR count). The third-order valence-corrected chi connectivity index (χ3v) is 2.76. The summed E-state index contributed by atoms with van der Waals surface area (Å²) in [4.78, 5) is 30.8. The summed E-state index contributed by atoms with van der Waals surface area (Å²) >= 11 is 0. The van der Waals surface area contributed by atoms with E-state index >= 15 is 0 Å². The number of H-pyrrole nitrogens is 1. The van der Waals surface area contributed by atoms with Crippen LogP contribution in [0.4, 0.5) is 4.79 Å². The lowest BCUT2D eigenvalue weighted by Gasteiger charge is -2.21. The average Bonchev–Trinajstić information content (AvgIpc) is 2.96. The average molecular weight is 238 g/mol. The Bertz CT molecular complexity index is 404. The van der Waals surface area contributed by atoms with Gasteiger partial charge >= 0.3 is 12.0 Å². The number of amides is 2. The zero-order valence-electron chi connectivity index (χ0n) is 9.22. The first-order valence-corrected chi connectivity index (χ1v) is 5.44. The minimum Gasteiger partial charge on any atom is -0.480 e. The van der Waals surface area contributed by atoms with Gasteiger partial charge in [-0.1, -0.05) is 0 Å². The van der Waals surface area contributed by atoms with Crippen LogP contribution in [0.25, 0.3) is 0 Å². The van der Waals surface area contributed by atoms with Crippen molar-refractivity contribution in [1.29, 1.82) is 0 Å². The van der Waals surface area contributed by atoms with E-state index in [1.165, 1.54) is 4.90 Å². The zero-order valence-corrected chi connectivity index (χ0v) is 9.22. The molecule has 1 aliphatic rings. The summed E-state index contributed by atoms with van der Waals surface area (Å²) in [6, 6.07) is -1.06. The lowest BCUT2D eigenvalue weighted by Crippen LogP contribution is -2.45. The Labute approximate surface area is 97.8 Å². The van der Waals surface area contributed by atoms with E-state index in [4.69, 9.17) is 5.11 Å². The molecule has 0 bridgehead atoms. The number of nitrogens with one attached hydrogen (secondary N) is 2. The van der Waals surface area contributed by atoms with Crippen molar-refractivity contribution in [2.24, 2.45) is 0 Å². The number of hydrogen-bond donors (Lipinski definition) is 3. The number of carbonyl (C=O) groups is 2. The number of carboxylic acids is 1. The predicted octanol–water partition coefficient (Wildman–Crippen LogP) is 0.168. The highest BCUT2D eigenvalue weighted by Gasteiger charge is 2.33. The van der Waals surface area contributed by atoms with Gasteiger partial charge in [-0.2, -0.15) is 0 Å². The van der Waals surface area contributed by atoms with Crippen molar-refractivity contribution >= 4 is 12.0 Å². The molecule has 1 unspecified atom stereocenters. The van der Waals surface area contributed by atoms with E-state index in [9.17, 15) is 9.59 Å². The van der Waals surface area contributed by atoms with Crippen LogP contribution in [0.5, 0.6) is 0 Å². The number of carbonyl (C=O) groups excluding carboxylic acids is 1. The summed E-state index contributed by atoms with van der Waals surface area (Å²) in [7, 11) is 0. The van der Waals surface area contributed by atoms with Crippen LogP contribution in [0, 0.1) is 0 Å². The van der Waals surface area contributed by atoms with Gasteiger partial charge in [-0.3, -0.25) is 0 Å². The van der Waals surface area contributed by atoms with Crippen LogP contribution in [0.2, 0.25) is 0 Å². The van der Waals surface area contributed by atoms with Crippen LogP contribution in [-0.2, 0) is 11.3 Å². The largest absolute Gasteiger partial charge is 0.480 e. The van der Waals surface area contributed by atoms with Crippen molar-refractivity contribution < 1.29 is 14.7 Å². The number of aromatic amines is 1. The van der Waals surface area contributed by atoms with Crippen molar-refractivity contribution in [3.8, 4) is 0 Å². The lowest BCUT2D eigenvalue weighted by atomic mass is 10.2. The normalized spacial score (nSPS) is 19.3. The SMILES string of the molecule is O=C(O)C1CCCN1C(=O)NCc1ncc[nH]1. The van der Waals surface area contributed by atoms with Crippen LogP contribution in [0.1, 0.15) is 18.7 Å². The predicted molar refractivity (Wildman–Crippen MR) is 58.2 cm³/mol. The Morgan fingerprint density at radius 3 is 3.12 bits per heavy atom. The zero-order chi connectivity index (χ0) is 12.3. The molecule has 7 nitrogen and oxygen atoms in total. The molecule has 7 heteroatoms. The standard InChI is InChI=1S/C10H14N4O3/c15-9(16)7-2-1-5-14(7)10(17)13-6-8-11-3-4-12-8/h3-4,7H,1-2,5-6H2,(H,11,12)(H,13,17)(H,15,16). The molecule has 1 atom stereocenters. The van der Waals surface area contributed by atoms with Crippen molar-refractivity contribution in [3.05, 3.63) is 18.2 Å². The maximum atomic E-state index is 11.8. The monoisotopic (exact) mass is 238 g/mol. The summed E-state index contributed by atoms with van der Waals surface area (Å²) in [5.41, 5.74) is 0. The maximum Gasteiger partial charge on any atom is 0.326 e. The van der Waals surface area contributed by atoms with E-state index in [-0.39, 0.29) is 12.6 Å². The fourth-order valence-corrected chi connectivity index (χ4v) is 1.92. The molecule has 0 spiro atoms. The number of aliphatic carboxylic acids is 1. The van der Waals surface area contributed by atoms with Gasteiger partial charge in [0.1, 0.15) is 11.9 Å². The summed E-state index contributed by atoms with van der Waals surface area (Å²) in [6.45, 7) is 0.760. The molecule has 1 aliphatic heterocycles. The molecule has 2 heterocycles. The number of imidazole rings is 1. The highest BCUT2D eigenvalue weighted by Crippen LogP contribution is 2.17. The van der Waals surface area contributed by atoms with Gasteiger partial charge in [-0.05, 0) is 12.8 Å². The molecule has 17 heavy (non-hydrogen) atoms. The lowest BCUT2D eigenvalue weighted by molar-refractivity contribution is -0.141. The van der Waals surface area contributed by atoms with Gasteiger partial charge in [-0.25, -0.2) is 14.6 Å². The number of hydrogen-bond acceptors (Lipinski definition) is 3. The maximum absolute atomic E-state index is 11.8. The molecule has 1 aromatic rings. The first-order chi connectivity index (χ1) is 8.18. The Balaban J connectivity index is 1.89. The Morgan fingerprint density at radius 2 is 2.47 bits per heavy atom. The van der Waals surface area contributed by atoms with E-state index in [0.717, 1.165) is 6.42 Å². The first kappa shape index (κ1) is 11.4. The fraction of sp³-hybridized carbons (Fsp3) is 0.500. The van der Waals surface area contributed by atoms with Crippen LogP contribution < -0.4 is 5.32 Å². The van der Waals surface area contributed by atoms with Gasteiger partial charge in [0.05, 0.1) is 6.54 Å². The molecule has 92 valence electrons. The number of carboxylic acid groups (broad SMARTS) is 1. The van der Waals surface area contributed by atoms with Crippen LogP contribution in [0.3, 0.4) is 0 Å². The molecule has 1 aromatic heterocycles. The third kappa shape index (κ3) is 2.55. The molecule has 1 saturated heterocycles. The second-order valence-electron chi connectivity index (χ2n) is 3.88. The topological polar surface area (TPSA) is 98.3 Å². The second kappa shape index (κ2) is 4.86. The van der Waals surface area contributed by atoms with Crippen LogP contribution in [0.15, 0.2) is 12.4 Å². The summed E-state index contributed by atoms with van der Waals surface area (Å²) in [6.07, 6.45) is 4.50. The summed E-state index contributed by atoms with van der Waals surface area (Å²) in [5, 5.41) is 11.6. The van der Waals surface area contributed by atoms with Gasteiger partial charge in [0.15, 0.2) is 0 Å². The van der Waals surface area contributed by atoms with E-state index in [1.807, 2.05) is 0 Å². The smallest absolute Gasteiger partial charge is 0.326 e. The molecule has 1 fully saturated rings. The quantitative estimate of drug-likeness (QED) is 0.699. The second-order valence-corrected chi connectivity index (χ2v) is 3.88. The molecule has 0 saturated carbocycles. The first-order valence-electron chi connectivity index (χ1n) is 5.44. The van der Waals surface area contributed by atoms with Gasteiger partial charge in [0.2, 0.25) is 0 Å². The van der Waals surface area contributed by atoms with Crippen molar-refractivity contribution in [1.82, 2.24) is 20.2 Å². The minimum atomic E-state index is -0.948. The molecular weight excluding hydrogens is 224 g/mol. The third-order valence-electron chi connectivity index (χ3n) is 2.76. The number of rotatable bonds is 3. The van der Waals surface area contributed by atoms with E-state index in [0.29, 0.717) is 18.8 Å². The number of likely N-dealkylation sites (tertiary alicyclic amines) is 1. The van der Waals surface area contributed by atoms with Gasteiger partial charge in [-0.15, -0.1) is 0 Å². The number of urea groups is 1. The van der Waals surface area contributed by atoms with Crippen LogP contribution >= 0.6 is 0 Å². The van der Waals surface area contributed by atoms with Gasteiger partial charge in [0.25, 0.3) is 0 Å². The Hall–Kier alpha value is -2.05. The van der Waals surface area contributed by atoms with Crippen molar-refractivity contribution in [2.75, 3.05) is 6.54 Å². The highest BCUT2D eigenvalue weighted by atomic mass is 16.4. The highest BCUT2D eigenvalue weighted by molar-refractivity contribution is 5.83. The number of aromatic nitrogens is 2. The Morgan fingerprint density at radius 1 is 1.65 bits per heavy atom. The number of nitrogens with zero attached hydrogens (tertiary/aromatic N) is 2. The molecule has 0 radical (unpaired) electrons. The fourth-order valence-electron chi connectivity index (χ4n) is 1.92. The van der Waals surface area contributed by atoms with Crippen LogP contribution in [-0.4, -0.2) is 44.6 Å². The molecule has 2 amide bonds.